The first kappa shape index (κ1) is 22.0. The van der Waals surface area contributed by atoms with E-state index in [1.807, 2.05) is 41.5 Å². The Bertz CT molecular complexity index is 265. The van der Waals surface area contributed by atoms with E-state index in [0.29, 0.717) is 0 Å². The first-order valence-electron chi connectivity index (χ1n) is 7.63. The Hall–Kier alpha value is 0.988. The van der Waals surface area contributed by atoms with Crippen molar-refractivity contribution >= 4 is 16.6 Å². The van der Waals surface area contributed by atoms with Crippen molar-refractivity contribution in [2.45, 2.75) is 92.0 Å². The monoisotopic (exact) mass is 372 g/mol. The van der Waals surface area contributed by atoms with Gasteiger partial charge in [0.05, 0.1) is 0 Å². The summed E-state index contributed by atoms with van der Waals surface area (Å²) in [5.74, 6) is 0. The molecule has 0 aliphatic rings. The normalized spacial score (nSPS) is 15.4. The second-order valence-electron chi connectivity index (χ2n) is 9.36. The van der Waals surface area contributed by atoms with Crippen LogP contribution in [-0.2, 0) is 30.8 Å². The van der Waals surface area contributed by atoms with Gasteiger partial charge in [-0.2, -0.15) is 0 Å². The molecular formula is C14H36O4Si2Ti. The van der Waals surface area contributed by atoms with E-state index in [0.717, 1.165) is 0 Å². The van der Waals surface area contributed by atoms with Gasteiger partial charge in [0.2, 0.25) is 0 Å². The van der Waals surface area contributed by atoms with Crippen LogP contribution >= 0.6 is 0 Å². The Kier molecular flexibility index (Phi) is 7.17. The summed E-state index contributed by atoms with van der Waals surface area (Å²) in [6, 6.07) is 0. The van der Waals surface area contributed by atoms with Crippen LogP contribution < -0.4 is 0 Å². The summed E-state index contributed by atoms with van der Waals surface area (Å²) in [6.07, 6.45) is 0. The van der Waals surface area contributed by atoms with Crippen molar-refractivity contribution in [1.29, 1.82) is 0 Å². The Balaban J connectivity index is 5.70. The zero-order valence-corrected chi connectivity index (χ0v) is 19.7. The third-order valence-electron chi connectivity index (χ3n) is 1.72. The summed E-state index contributed by atoms with van der Waals surface area (Å²) >= 11 is -3.83. The molecule has 0 spiro atoms. The van der Waals surface area contributed by atoms with Crippen LogP contribution in [0.15, 0.2) is 0 Å². The standard InChI is InChI=1S/2C4H9O.2C3H9OSi.Ti/c2*1-4(2,3)5;2*1-5(2,3)4;/h4*1-3H3;/q4*-1;+4. The fraction of sp³-hybridized carbons (Fsp3) is 1.00. The van der Waals surface area contributed by atoms with Gasteiger partial charge in [0, 0.05) is 0 Å². The van der Waals surface area contributed by atoms with Crippen LogP contribution in [0.2, 0.25) is 39.3 Å². The van der Waals surface area contributed by atoms with Crippen LogP contribution in [0.1, 0.15) is 41.5 Å². The van der Waals surface area contributed by atoms with Gasteiger partial charge in [-0.25, -0.2) is 0 Å². The van der Waals surface area contributed by atoms with Crippen molar-refractivity contribution in [2.24, 2.45) is 0 Å². The average Bonchev–Trinajstić information content (AvgIpc) is 1.83. The molecule has 0 amide bonds. The molecule has 0 heterocycles. The summed E-state index contributed by atoms with van der Waals surface area (Å²) in [5, 5.41) is 0. The quantitative estimate of drug-likeness (QED) is 0.606. The van der Waals surface area contributed by atoms with E-state index in [2.05, 4.69) is 39.3 Å². The van der Waals surface area contributed by atoms with Gasteiger partial charge in [-0.3, -0.25) is 0 Å². The van der Waals surface area contributed by atoms with Gasteiger partial charge in [-0.05, 0) is 0 Å². The van der Waals surface area contributed by atoms with E-state index in [1.165, 1.54) is 0 Å². The molecule has 128 valence electrons. The molecular weight excluding hydrogens is 336 g/mol. The van der Waals surface area contributed by atoms with Gasteiger partial charge >= 0.3 is 139 Å². The second-order valence-corrected chi connectivity index (χ2v) is 22.3. The molecule has 0 unspecified atom stereocenters. The zero-order valence-electron chi connectivity index (χ0n) is 16.1. The van der Waals surface area contributed by atoms with Crippen LogP contribution in [-0.4, -0.2) is 27.8 Å². The van der Waals surface area contributed by atoms with Crippen LogP contribution in [0.25, 0.3) is 0 Å². The maximum absolute atomic E-state index is 6.45. The second kappa shape index (κ2) is 6.85. The summed E-state index contributed by atoms with van der Waals surface area (Å²) in [6.45, 7) is 25.1. The van der Waals surface area contributed by atoms with Crippen LogP contribution in [0.4, 0.5) is 0 Å². The Morgan fingerprint density at radius 3 is 0.952 bits per heavy atom. The van der Waals surface area contributed by atoms with Crippen molar-refractivity contribution in [3.05, 3.63) is 0 Å². The van der Waals surface area contributed by atoms with Gasteiger partial charge in [0.15, 0.2) is 0 Å². The fourth-order valence-electron chi connectivity index (χ4n) is 1.63. The molecule has 0 bridgehead atoms. The van der Waals surface area contributed by atoms with E-state index in [9.17, 15) is 0 Å². The predicted molar refractivity (Wildman–Crippen MR) is 90.5 cm³/mol. The minimum absolute atomic E-state index is 0.357. The molecule has 0 aromatic rings. The number of rotatable bonds is 6. The fourth-order valence-corrected chi connectivity index (χ4v) is 14.3. The molecule has 0 aliphatic carbocycles. The van der Waals surface area contributed by atoms with Gasteiger partial charge in [0.1, 0.15) is 0 Å². The first-order chi connectivity index (χ1) is 8.83. The number of hydrogen-bond acceptors (Lipinski definition) is 4. The number of hydrogen-bond donors (Lipinski definition) is 0. The Morgan fingerprint density at radius 2 is 0.810 bits per heavy atom. The molecule has 4 nitrogen and oxygen atoms in total. The minimum atomic E-state index is -3.83. The van der Waals surface area contributed by atoms with Crippen molar-refractivity contribution < 1.29 is 30.8 Å². The van der Waals surface area contributed by atoms with E-state index >= 15 is 0 Å². The Morgan fingerprint density at radius 1 is 0.571 bits per heavy atom. The van der Waals surface area contributed by atoms with Crippen molar-refractivity contribution in [2.75, 3.05) is 0 Å². The molecule has 0 saturated heterocycles. The molecule has 0 N–H and O–H groups in total. The third kappa shape index (κ3) is 12.1. The molecule has 0 aromatic carbocycles. The van der Waals surface area contributed by atoms with E-state index in [-0.39, 0.29) is 11.2 Å². The van der Waals surface area contributed by atoms with Crippen molar-refractivity contribution in [3.8, 4) is 0 Å². The van der Waals surface area contributed by atoms with Crippen LogP contribution in [0, 0.1) is 0 Å². The summed E-state index contributed by atoms with van der Waals surface area (Å²) < 4.78 is 25.6. The third-order valence-corrected chi connectivity index (χ3v) is 14.2. The average molecular weight is 372 g/mol. The summed E-state index contributed by atoms with van der Waals surface area (Å²) in [5.41, 5.74) is -0.713. The van der Waals surface area contributed by atoms with Gasteiger partial charge in [-0.15, -0.1) is 0 Å². The van der Waals surface area contributed by atoms with Crippen LogP contribution in [0.5, 0.6) is 0 Å². The van der Waals surface area contributed by atoms with Crippen LogP contribution in [0.3, 0.4) is 0 Å². The van der Waals surface area contributed by atoms with Crippen molar-refractivity contribution in [3.63, 3.8) is 0 Å². The predicted octanol–water partition coefficient (Wildman–Crippen LogP) is 5.13. The van der Waals surface area contributed by atoms with Gasteiger partial charge in [0.25, 0.3) is 0 Å². The molecule has 7 heteroatoms. The molecule has 0 radical (unpaired) electrons. The van der Waals surface area contributed by atoms with Gasteiger partial charge < -0.3 is 0 Å². The first-order valence-corrected chi connectivity index (χ1v) is 17.0. The molecule has 0 aromatic heterocycles. The van der Waals surface area contributed by atoms with E-state index in [1.54, 1.807) is 0 Å². The SMILES string of the molecule is CC(C)(C)[O][Ti]([O]C(C)(C)C)([O][Si](C)(C)C)[O][Si](C)(C)C. The molecule has 0 fully saturated rings. The summed E-state index contributed by atoms with van der Waals surface area (Å²) in [4.78, 5) is 0. The molecule has 0 atom stereocenters. The van der Waals surface area contributed by atoms with Gasteiger partial charge in [-0.1, -0.05) is 0 Å². The molecule has 0 aliphatic heterocycles. The Labute approximate surface area is 139 Å². The molecule has 0 saturated carbocycles. The van der Waals surface area contributed by atoms with E-state index in [4.69, 9.17) is 12.7 Å². The zero-order chi connectivity index (χ0) is 17.3. The topological polar surface area (TPSA) is 36.9 Å². The molecule has 21 heavy (non-hydrogen) atoms. The van der Waals surface area contributed by atoms with E-state index < -0.39 is 34.8 Å². The maximum atomic E-state index is 6.45. The summed E-state index contributed by atoms with van der Waals surface area (Å²) in [7, 11) is -3.72. The van der Waals surface area contributed by atoms with Crippen molar-refractivity contribution in [1.82, 2.24) is 0 Å². The molecule has 0 rings (SSSR count).